The standard InChI is InChI=1S/C9H5ClNO.K/c10-7-2-1-6-3-4-11-9(12)8(6)5-7;/h1-3,5H,(H,11,12);/q-1;+1. The van der Waals surface area contributed by atoms with Crippen LogP contribution in [0.3, 0.4) is 0 Å². The van der Waals surface area contributed by atoms with E-state index in [1.165, 1.54) is 0 Å². The third kappa shape index (κ3) is 2.43. The molecule has 0 spiro atoms. The maximum atomic E-state index is 11.2. The SMILES string of the molecule is O=c1[nH][c-]cc2ccc(Cl)cc12.[K+]. The summed E-state index contributed by atoms with van der Waals surface area (Å²) in [6.45, 7) is 0. The van der Waals surface area contributed by atoms with E-state index >= 15 is 0 Å². The van der Waals surface area contributed by atoms with Crippen molar-refractivity contribution in [1.29, 1.82) is 0 Å². The number of aromatic amines is 1. The molecule has 0 amide bonds. The maximum Gasteiger partial charge on any atom is 1.00 e. The van der Waals surface area contributed by atoms with E-state index < -0.39 is 0 Å². The topological polar surface area (TPSA) is 32.9 Å². The van der Waals surface area contributed by atoms with Crippen molar-refractivity contribution in [3.8, 4) is 0 Å². The smallest absolute Gasteiger partial charge is 0.436 e. The van der Waals surface area contributed by atoms with Crippen LogP contribution in [-0.2, 0) is 0 Å². The van der Waals surface area contributed by atoms with Gasteiger partial charge in [0.05, 0.1) is 0 Å². The number of hydrogen-bond donors (Lipinski definition) is 1. The molecule has 2 rings (SSSR count). The zero-order valence-electron chi connectivity index (χ0n) is 7.10. The molecule has 1 aromatic heterocycles. The fourth-order valence-electron chi connectivity index (χ4n) is 1.10. The van der Waals surface area contributed by atoms with E-state index in [2.05, 4.69) is 11.2 Å². The average Bonchev–Trinajstić information content (AvgIpc) is 2.07. The summed E-state index contributed by atoms with van der Waals surface area (Å²) in [7, 11) is 0. The Morgan fingerprint density at radius 3 is 2.92 bits per heavy atom. The number of halogens is 1. The average molecular weight is 218 g/mol. The number of benzene rings is 1. The van der Waals surface area contributed by atoms with Gasteiger partial charge in [0.15, 0.2) is 0 Å². The third-order valence-corrected chi connectivity index (χ3v) is 1.91. The summed E-state index contributed by atoms with van der Waals surface area (Å²) in [5.74, 6) is 0. The van der Waals surface area contributed by atoms with Gasteiger partial charge in [-0.25, -0.2) is 0 Å². The molecule has 0 fully saturated rings. The monoisotopic (exact) mass is 217 g/mol. The van der Waals surface area contributed by atoms with Crippen molar-refractivity contribution < 1.29 is 51.4 Å². The van der Waals surface area contributed by atoms with E-state index in [1.807, 2.05) is 0 Å². The Morgan fingerprint density at radius 1 is 1.38 bits per heavy atom. The largest absolute Gasteiger partial charge is 1.00 e. The summed E-state index contributed by atoms with van der Waals surface area (Å²) >= 11 is 5.73. The van der Waals surface area contributed by atoms with Crippen LogP contribution in [0.5, 0.6) is 0 Å². The zero-order chi connectivity index (χ0) is 8.55. The van der Waals surface area contributed by atoms with Crippen molar-refractivity contribution in [2.45, 2.75) is 0 Å². The van der Waals surface area contributed by atoms with Gasteiger partial charge in [-0.2, -0.15) is 6.07 Å². The molecule has 0 unspecified atom stereocenters. The molecule has 0 saturated heterocycles. The molecule has 1 heterocycles. The number of aromatic nitrogens is 1. The van der Waals surface area contributed by atoms with Gasteiger partial charge in [0, 0.05) is 5.02 Å². The maximum absolute atomic E-state index is 11.2. The van der Waals surface area contributed by atoms with Crippen LogP contribution >= 0.6 is 11.6 Å². The molecule has 1 aromatic carbocycles. The van der Waals surface area contributed by atoms with Crippen LogP contribution in [0, 0.1) is 6.20 Å². The number of rotatable bonds is 0. The number of nitrogens with one attached hydrogen (secondary N) is 1. The van der Waals surface area contributed by atoms with E-state index in [0.717, 1.165) is 5.39 Å². The molecule has 0 radical (unpaired) electrons. The molecule has 13 heavy (non-hydrogen) atoms. The quantitative estimate of drug-likeness (QED) is 0.445. The fraction of sp³-hybridized carbons (Fsp3) is 0. The van der Waals surface area contributed by atoms with Crippen LogP contribution in [-0.4, -0.2) is 4.98 Å². The molecular weight excluding hydrogens is 213 g/mol. The first kappa shape index (κ1) is 11.4. The molecule has 1 N–H and O–H groups in total. The van der Waals surface area contributed by atoms with Crippen molar-refractivity contribution in [3.05, 3.63) is 45.8 Å². The summed E-state index contributed by atoms with van der Waals surface area (Å²) in [5.41, 5.74) is -0.157. The fourth-order valence-corrected chi connectivity index (χ4v) is 1.27. The van der Waals surface area contributed by atoms with Crippen LogP contribution in [0.15, 0.2) is 29.1 Å². The summed E-state index contributed by atoms with van der Waals surface area (Å²) in [4.78, 5) is 13.6. The molecule has 0 atom stereocenters. The second-order valence-electron chi connectivity index (χ2n) is 2.47. The van der Waals surface area contributed by atoms with Gasteiger partial charge < -0.3 is 9.78 Å². The van der Waals surface area contributed by atoms with E-state index in [4.69, 9.17) is 11.6 Å². The van der Waals surface area contributed by atoms with Gasteiger partial charge in [-0.3, -0.25) is 0 Å². The first-order valence-corrected chi connectivity index (χ1v) is 3.84. The summed E-state index contributed by atoms with van der Waals surface area (Å²) < 4.78 is 0. The Labute approximate surface area is 123 Å². The number of fused-ring (bicyclic) bond motifs is 1. The van der Waals surface area contributed by atoms with E-state index in [-0.39, 0.29) is 56.9 Å². The van der Waals surface area contributed by atoms with Gasteiger partial charge >= 0.3 is 51.4 Å². The molecule has 2 nitrogen and oxygen atoms in total. The zero-order valence-corrected chi connectivity index (χ0v) is 11.0. The van der Waals surface area contributed by atoms with Crippen LogP contribution in [0.2, 0.25) is 5.02 Å². The van der Waals surface area contributed by atoms with Gasteiger partial charge in [-0.05, 0) is 0 Å². The molecule has 0 saturated carbocycles. The molecule has 0 aliphatic carbocycles. The molecule has 0 bridgehead atoms. The van der Waals surface area contributed by atoms with Gasteiger partial charge in [0.25, 0.3) is 0 Å². The normalized spacial score (nSPS) is 9.62. The van der Waals surface area contributed by atoms with Crippen LogP contribution in [0.4, 0.5) is 0 Å². The Morgan fingerprint density at radius 2 is 2.15 bits per heavy atom. The Balaban J connectivity index is 0.000000845. The Hall–Kier alpha value is 0.356. The molecule has 4 heteroatoms. The van der Waals surface area contributed by atoms with Crippen LogP contribution in [0.1, 0.15) is 0 Å². The first-order valence-electron chi connectivity index (χ1n) is 3.46. The Bertz CT molecular complexity index is 480. The number of hydrogen-bond acceptors (Lipinski definition) is 1. The van der Waals surface area contributed by atoms with Gasteiger partial charge in [0.2, 0.25) is 0 Å². The second-order valence-corrected chi connectivity index (χ2v) is 2.91. The minimum atomic E-state index is -0.157. The number of pyridine rings is 1. The van der Waals surface area contributed by atoms with Crippen molar-refractivity contribution in [2.75, 3.05) is 0 Å². The van der Waals surface area contributed by atoms with Gasteiger partial charge in [-0.15, -0.1) is 17.6 Å². The van der Waals surface area contributed by atoms with E-state index in [9.17, 15) is 4.79 Å². The predicted molar refractivity (Wildman–Crippen MR) is 48.4 cm³/mol. The predicted octanol–water partition coefficient (Wildman–Crippen LogP) is -1.01. The van der Waals surface area contributed by atoms with Crippen molar-refractivity contribution >= 4 is 22.4 Å². The molecule has 60 valence electrons. The van der Waals surface area contributed by atoms with Crippen molar-refractivity contribution in [3.63, 3.8) is 0 Å². The molecule has 0 aliphatic heterocycles. The second kappa shape index (κ2) is 4.73. The van der Waals surface area contributed by atoms with E-state index in [0.29, 0.717) is 10.4 Å². The van der Waals surface area contributed by atoms with Crippen LogP contribution < -0.4 is 56.9 Å². The van der Waals surface area contributed by atoms with Crippen molar-refractivity contribution in [1.82, 2.24) is 4.98 Å². The summed E-state index contributed by atoms with van der Waals surface area (Å²) in [6.07, 6.45) is 2.64. The summed E-state index contributed by atoms with van der Waals surface area (Å²) in [6, 6.07) is 6.90. The minimum Gasteiger partial charge on any atom is -0.436 e. The molecular formula is C9H5ClKNO. The van der Waals surface area contributed by atoms with E-state index in [1.54, 1.807) is 24.3 Å². The first-order chi connectivity index (χ1) is 5.77. The number of H-pyrrole nitrogens is 1. The molecule has 2 aromatic rings. The molecule has 0 aliphatic rings. The summed E-state index contributed by atoms with van der Waals surface area (Å²) in [5, 5.41) is 2.02. The Kier molecular flexibility index (Phi) is 4.16. The van der Waals surface area contributed by atoms with Gasteiger partial charge in [0.1, 0.15) is 5.56 Å². The van der Waals surface area contributed by atoms with Gasteiger partial charge in [-0.1, -0.05) is 29.1 Å². The van der Waals surface area contributed by atoms with Crippen molar-refractivity contribution in [2.24, 2.45) is 0 Å². The third-order valence-electron chi connectivity index (χ3n) is 1.67. The minimum absolute atomic E-state index is 0. The van der Waals surface area contributed by atoms with Crippen LogP contribution in [0.25, 0.3) is 10.8 Å².